The number of carbonyl (C=O) groups is 2. The van der Waals surface area contributed by atoms with Crippen molar-refractivity contribution in [2.45, 2.75) is 45.7 Å². The minimum atomic E-state index is -1.38. The van der Waals surface area contributed by atoms with Crippen molar-refractivity contribution in [2.24, 2.45) is 0 Å². The third-order valence-corrected chi connectivity index (χ3v) is 9.55. The number of aryl methyl sites for hydroxylation is 2. The third-order valence-electron chi connectivity index (χ3n) is 8.86. The van der Waals surface area contributed by atoms with Crippen LogP contribution in [0.5, 0.6) is 17.2 Å². The van der Waals surface area contributed by atoms with Gasteiger partial charge in [-0.3, -0.25) is 4.79 Å². The fourth-order valence-corrected chi connectivity index (χ4v) is 6.86. The van der Waals surface area contributed by atoms with Crippen LogP contribution in [0.2, 0.25) is 0 Å². The van der Waals surface area contributed by atoms with Crippen molar-refractivity contribution in [3.63, 3.8) is 0 Å². The molecule has 0 saturated carbocycles. The fourth-order valence-electron chi connectivity index (χ4n) is 6.32. The summed E-state index contributed by atoms with van der Waals surface area (Å²) in [6.45, 7) is 7.12. The molecule has 1 unspecified atom stereocenters. The Labute approximate surface area is 302 Å². The monoisotopic (exact) mass is 722 g/mol. The number of nitrogens with one attached hydrogen (secondary N) is 2. The van der Waals surface area contributed by atoms with Crippen LogP contribution in [-0.4, -0.2) is 59.7 Å². The van der Waals surface area contributed by atoms with Crippen molar-refractivity contribution in [1.29, 1.82) is 0 Å². The molecule has 0 radical (unpaired) electrons. The van der Waals surface area contributed by atoms with Gasteiger partial charge in [0.05, 0.1) is 30.3 Å². The van der Waals surface area contributed by atoms with Gasteiger partial charge in [-0.25, -0.2) is 23.8 Å². The van der Waals surface area contributed by atoms with Gasteiger partial charge in [0.1, 0.15) is 23.9 Å². The lowest BCUT2D eigenvalue weighted by molar-refractivity contribution is -0.117. The van der Waals surface area contributed by atoms with E-state index in [4.69, 9.17) is 9.47 Å². The van der Waals surface area contributed by atoms with Crippen LogP contribution in [0.1, 0.15) is 46.1 Å². The Kier molecular flexibility index (Phi) is 9.53. The quantitative estimate of drug-likeness (QED) is 0.131. The molecule has 4 heterocycles. The topological polar surface area (TPSA) is 158 Å². The van der Waals surface area contributed by atoms with Gasteiger partial charge >= 0.3 is 5.97 Å². The van der Waals surface area contributed by atoms with Crippen molar-refractivity contribution < 1.29 is 28.6 Å². The molecule has 52 heavy (non-hydrogen) atoms. The van der Waals surface area contributed by atoms with Gasteiger partial charge in [0.15, 0.2) is 16.6 Å². The smallest absolute Gasteiger partial charge is 0.338 e. The number of imidazole rings is 1. The maximum absolute atomic E-state index is 14.7. The van der Waals surface area contributed by atoms with E-state index in [0.717, 1.165) is 45.8 Å². The summed E-state index contributed by atoms with van der Waals surface area (Å²) in [6, 6.07) is 13.3. The number of hydrogen-bond acceptors (Lipinski definition) is 10. The lowest BCUT2D eigenvalue weighted by atomic mass is 9.81. The number of aromatic nitrogens is 6. The number of fused-ring (bicyclic) bond motifs is 1. The number of thiazole rings is 1. The first-order valence-corrected chi connectivity index (χ1v) is 17.4. The number of carboxylic acid groups (broad SMARTS) is 1. The molecule has 0 spiro atoms. The molecule has 15 heteroatoms. The van der Waals surface area contributed by atoms with E-state index >= 15 is 0 Å². The highest BCUT2D eigenvalue weighted by atomic mass is 32.1. The Bertz CT molecular complexity index is 2270. The highest BCUT2D eigenvalue weighted by molar-refractivity contribution is 7.13. The van der Waals surface area contributed by atoms with Crippen LogP contribution in [-0.2, 0) is 23.3 Å². The van der Waals surface area contributed by atoms with Crippen LogP contribution in [0.4, 0.5) is 9.52 Å². The van der Waals surface area contributed by atoms with Crippen LogP contribution in [0.15, 0.2) is 78.8 Å². The summed E-state index contributed by atoms with van der Waals surface area (Å²) in [6.07, 6.45) is 8.02. The van der Waals surface area contributed by atoms with Gasteiger partial charge in [0.25, 0.3) is 0 Å². The highest BCUT2D eigenvalue weighted by Gasteiger charge is 2.35. The molecular formula is C37H35FN8O5S. The fraction of sp³-hybridized carbons (Fsp3) is 0.243. The maximum atomic E-state index is 14.7. The van der Waals surface area contributed by atoms with Gasteiger partial charge in [-0.2, -0.15) is 0 Å². The maximum Gasteiger partial charge on any atom is 0.338 e. The average Bonchev–Trinajstić information content (AvgIpc) is 3.88. The van der Waals surface area contributed by atoms with Gasteiger partial charge in [-0.15, -0.1) is 16.4 Å². The molecular weight excluding hydrogens is 688 g/mol. The summed E-state index contributed by atoms with van der Waals surface area (Å²) < 4.78 is 30.8. The van der Waals surface area contributed by atoms with E-state index in [1.165, 1.54) is 17.4 Å². The number of carbonyl (C=O) groups excluding carboxylic acids is 1. The molecule has 1 aliphatic heterocycles. The molecule has 3 aromatic heterocycles. The average molecular weight is 723 g/mol. The molecule has 3 aromatic carbocycles. The van der Waals surface area contributed by atoms with Gasteiger partial charge in [-0.1, -0.05) is 11.3 Å². The molecule has 13 nitrogen and oxygen atoms in total. The molecule has 0 aliphatic carbocycles. The minimum absolute atomic E-state index is 0.0877. The number of hydrogen-bond donors (Lipinski definition) is 3. The van der Waals surface area contributed by atoms with E-state index in [0.29, 0.717) is 36.1 Å². The molecule has 0 fully saturated rings. The molecule has 0 bridgehead atoms. The van der Waals surface area contributed by atoms with Crippen LogP contribution in [0, 0.1) is 19.7 Å². The number of ether oxygens (including phenoxy) is 2. The van der Waals surface area contributed by atoms with Crippen molar-refractivity contribution in [2.75, 3.05) is 18.5 Å². The largest absolute Gasteiger partial charge is 0.488 e. The van der Waals surface area contributed by atoms with Gasteiger partial charge in [-0.05, 0) is 80.3 Å². The predicted octanol–water partition coefficient (Wildman–Crippen LogP) is 6.30. The van der Waals surface area contributed by atoms with Gasteiger partial charge in [0, 0.05) is 53.6 Å². The highest BCUT2D eigenvalue weighted by Crippen LogP contribution is 2.41. The summed E-state index contributed by atoms with van der Waals surface area (Å²) in [4.78, 5) is 32.9. The van der Waals surface area contributed by atoms with Crippen LogP contribution in [0.3, 0.4) is 0 Å². The number of halogens is 1. The number of rotatable bonds is 12. The van der Waals surface area contributed by atoms with Gasteiger partial charge in [0.2, 0.25) is 5.91 Å². The second-order valence-corrected chi connectivity index (χ2v) is 13.6. The first-order valence-electron chi connectivity index (χ1n) is 16.5. The second kappa shape index (κ2) is 14.4. The molecule has 7 rings (SSSR count). The summed E-state index contributed by atoms with van der Waals surface area (Å²) in [5, 5.41) is 26.6. The standard InChI is InChI=1S/C37H35FN8O5S/c1-22-14-25(4-7-31(22)45-19-23(2)40-21-45)30-20-46(44-43-30)11-12-50-32-15-24-8-9-41-37(3,18-34(47)42-36-39-10-13-52-36)28(24)17-33(32)51-26-5-6-27(35(48)49)29(38)16-26/h4-7,10,13-17,19-21,41H,8-9,11-12,18H2,1-3H3,(H,48,49)(H,39,42,47). The first-order chi connectivity index (χ1) is 25.0. The van der Waals surface area contributed by atoms with E-state index in [1.807, 2.05) is 55.9 Å². The Morgan fingerprint density at radius 2 is 1.96 bits per heavy atom. The molecule has 1 amide bonds. The Hall–Kier alpha value is -5.93. The molecule has 6 aromatic rings. The van der Waals surface area contributed by atoms with Crippen molar-refractivity contribution >= 4 is 28.3 Å². The van der Waals surface area contributed by atoms with Crippen molar-refractivity contribution in [3.05, 3.63) is 113 Å². The first kappa shape index (κ1) is 34.5. The number of carboxylic acids is 1. The van der Waals surface area contributed by atoms with E-state index in [9.17, 15) is 19.1 Å². The summed E-state index contributed by atoms with van der Waals surface area (Å²) in [5.41, 5.74) is 5.23. The minimum Gasteiger partial charge on any atom is -0.488 e. The zero-order valence-corrected chi connectivity index (χ0v) is 29.4. The zero-order valence-electron chi connectivity index (χ0n) is 28.6. The number of amides is 1. The van der Waals surface area contributed by atoms with Crippen LogP contribution >= 0.6 is 11.3 Å². The molecule has 0 saturated heterocycles. The molecule has 1 aliphatic rings. The predicted molar refractivity (Wildman–Crippen MR) is 192 cm³/mol. The third kappa shape index (κ3) is 7.41. The van der Waals surface area contributed by atoms with Gasteiger partial charge < -0.3 is 29.8 Å². The number of anilines is 1. The van der Waals surface area contributed by atoms with E-state index in [1.54, 1.807) is 28.7 Å². The normalized spacial score (nSPS) is 15.2. The number of nitrogens with zero attached hydrogens (tertiary/aromatic N) is 6. The van der Waals surface area contributed by atoms with Crippen LogP contribution in [0.25, 0.3) is 16.9 Å². The Balaban J connectivity index is 1.11. The number of benzene rings is 3. The van der Waals surface area contributed by atoms with E-state index < -0.39 is 22.9 Å². The zero-order chi connectivity index (χ0) is 36.4. The molecule has 3 N–H and O–H groups in total. The number of aromatic carboxylic acids is 1. The SMILES string of the molecule is Cc1cn(-c2ccc(-c3cn(CCOc4cc5c(cc4Oc4ccc(C(=O)O)c(F)c4)C(C)(CC(=O)Nc4nccs4)NCC5)nn3)cc2C)cn1. The Morgan fingerprint density at radius 3 is 2.69 bits per heavy atom. The van der Waals surface area contributed by atoms with Crippen molar-refractivity contribution in [3.8, 4) is 34.2 Å². The van der Waals surface area contributed by atoms with Crippen molar-refractivity contribution in [1.82, 2.24) is 34.8 Å². The summed E-state index contributed by atoms with van der Waals surface area (Å²) in [5.74, 6) is -1.76. The molecule has 266 valence electrons. The lowest BCUT2D eigenvalue weighted by Crippen LogP contribution is -2.47. The summed E-state index contributed by atoms with van der Waals surface area (Å²) >= 11 is 1.33. The lowest BCUT2D eigenvalue weighted by Gasteiger charge is -2.37. The van der Waals surface area contributed by atoms with E-state index in [2.05, 4.69) is 37.0 Å². The van der Waals surface area contributed by atoms with E-state index in [-0.39, 0.29) is 30.4 Å². The Morgan fingerprint density at radius 1 is 1.10 bits per heavy atom. The second-order valence-electron chi connectivity index (χ2n) is 12.7. The summed E-state index contributed by atoms with van der Waals surface area (Å²) in [7, 11) is 0. The van der Waals surface area contributed by atoms with Crippen LogP contribution < -0.4 is 20.1 Å². The molecule has 1 atom stereocenters.